The zero-order valence-electron chi connectivity index (χ0n) is 14.8. The van der Waals surface area contributed by atoms with Crippen LogP contribution in [0.2, 0.25) is 4.47 Å². The lowest BCUT2D eigenvalue weighted by Gasteiger charge is -2.12. The predicted octanol–water partition coefficient (Wildman–Crippen LogP) is 4.28. The van der Waals surface area contributed by atoms with Crippen LogP contribution >= 0.6 is 22.9 Å². The molecule has 0 radical (unpaired) electrons. The molecule has 4 rings (SSSR count). The predicted molar refractivity (Wildman–Crippen MR) is 102 cm³/mol. The smallest absolute Gasteiger partial charge is 0.416 e. The third kappa shape index (κ3) is 3.52. The summed E-state index contributed by atoms with van der Waals surface area (Å²) in [6.07, 6.45) is -1.91. The van der Waals surface area contributed by atoms with E-state index < -0.39 is 40.1 Å². The van der Waals surface area contributed by atoms with Crippen molar-refractivity contribution in [2.45, 2.75) is 12.7 Å². The van der Waals surface area contributed by atoms with Crippen LogP contribution < -0.4 is 9.96 Å². The SMILES string of the molecule is O=c1c(-c2cc(C(F)(F)F)ccc2F)c(O)n(Cc2cnc(Cl)s2)c2cccc[n+]12. The van der Waals surface area contributed by atoms with Crippen molar-refractivity contribution in [3.05, 3.63) is 79.9 Å². The van der Waals surface area contributed by atoms with Gasteiger partial charge in [0, 0.05) is 17.8 Å². The number of halogens is 5. The Morgan fingerprint density at radius 3 is 2.67 bits per heavy atom. The quantitative estimate of drug-likeness (QED) is 0.370. The van der Waals surface area contributed by atoms with E-state index in [2.05, 4.69) is 4.98 Å². The summed E-state index contributed by atoms with van der Waals surface area (Å²) in [6, 6.07) is 6.39. The molecule has 154 valence electrons. The summed E-state index contributed by atoms with van der Waals surface area (Å²) in [7, 11) is 0. The lowest BCUT2D eigenvalue weighted by atomic mass is 10.0. The van der Waals surface area contributed by atoms with Crippen LogP contribution in [0.4, 0.5) is 17.6 Å². The minimum absolute atomic E-state index is 0.0115. The number of alkyl halides is 3. The maximum Gasteiger partial charge on any atom is 0.416 e. The first-order valence-corrected chi connectivity index (χ1v) is 9.59. The van der Waals surface area contributed by atoms with Crippen molar-refractivity contribution in [3.8, 4) is 17.0 Å². The number of aromatic hydroxyl groups is 1. The van der Waals surface area contributed by atoms with Gasteiger partial charge in [0.05, 0.1) is 16.6 Å². The van der Waals surface area contributed by atoms with E-state index in [1.54, 1.807) is 6.07 Å². The summed E-state index contributed by atoms with van der Waals surface area (Å²) >= 11 is 6.97. The Kier molecular flexibility index (Phi) is 4.99. The molecule has 0 saturated carbocycles. The number of benzene rings is 1. The third-order valence-electron chi connectivity index (χ3n) is 4.43. The molecule has 11 heteroatoms. The summed E-state index contributed by atoms with van der Waals surface area (Å²) < 4.78 is 56.6. The van der Waals surface area contributed by atoms with Crippen LogP contribution in [0.5, 0.6) is 5.88 Å². The number of fused-ring (bicyclic) bond motifs is 1. The number of nitrogens with zero attached hydrogens (tertiary/aromatic N) is 3. The minimum atomic E-state index is -4.75. The van der Waals surface area contributed by atoms with E-state index in [4.69, 9.17) is 11.6 Å². The largest absolute Gasteiger partial charge is 0.477 e. The molecule has 30 heavy (non-hydrogen) atoms. The number of hydrogen-bond donors (Lipinski definition) is 1. The van der Waals surface area contributed by atoms with Crippen LogP contribution in [0.1, 0.15) is 10.4 Å². The van der Waals surface area contributed by atoms with Crippen molar-refractivity contribution in [2.24, 2.45) is 0 Å². The molecule has 1 aromatic carbocycles. The van der Waals surface area contributed by atoms with Crippen LogP contribution in [0.25, 0.3) is 16.8 Å². The molecule has 1 N–H and O–H groups in total. The molecule has 0 unspecified atom stereocenters. The number of rotatable bonds is 3. The molecule has 0 fully saturated rings. The average Bonchev–Trinajstić information content (AvgIpc) is 3.10. The third-order valence-corrected chi connectivity index (χ3v) is 5.53. The lowest BCUT2D eigenvalue weighted by Crippen LogP contribution is -2.43. The molecule has 0 atom stereocenters. The van der Waals surface area contributed by atoms with Gasteiger partial charge in [-0.05, 0) is 24.3 Å². The molecule has 0 aliphatic heterocycles. The first-order chi connectivity index (χ1) is 14.2. The molecule has 0 spiro atoms. The van der Waals surface area contributed by atoms with E-state index >= 15 is 0 Å². The zero-order chi connectivity index (χ0) is 21.6. The summed E-state index contributed by atoms with van der Waals surface area (Å²) in [5, 5.41) is 10.9. The monoisotopic (exact) mass is 456 g/mol. The highest BCUT2D eigenvalue weighted by Gasteiger charge is 2.33. The van der Waals surface area contributed by atoms with E-state index in [0.717, 1.165) is 15.7 Å². The number of pyridine rings is 1. The Balaban J connectivity index is 2.03. The van der Waals surface area contributed by atoms with Crippen LogP contribution in [0.15, 0.2) is 53.6 Å². The lowest BCUT2D eigenvalue weighted by molar-refractivity contribution is -0.532. The molecule has 3 aromatic heterocycles. The van der Waals surface area contributed by atoms with Crippen molar-refractivity contribution >= 4 is 28.6 Å². The van der Waals surface area contributed by atoms with Crippen molar-refractivity contribution in [3.63, 3.8) is 0 Å². The molecule has 0 bridgehead atoms. The first kappa shape index (κ1) is 20.3. The Morgan fingerprint density at radius 2 is 2.00 bits per heavy atom. The van der Waals surface area contributed by atoms with Crippen LogP contribution in [0.3, 0.4) is 0 Å². The second-order valence-corrected chi connectivity index (χ2v) is 7.99. The van der Waals surface area contributed by atoms with Gasteiger partial charge in [0.1, 0.15) is 12.4 Å². The van der Waals surface area contributed by atoms with Gasteiger partial charge in [0.2, 0.25) is 0 Å². The molecule has 4 aromatic rings. The average molecular weight is 457 g/mol. The van der Waals surface area contributed by atoms with Gasteiger partial charge in [0.25, 0.3) is 11.5 Å². The Bertz CT molecular complexity index is 1330. The van der Waals surface area contributed by atoms with Crippen LogP contribution in [0, 0.1) is 5.82 Å². The van der Waals surface area contributed by atoms with Crippen molar-refractivity contribution < 1.29 is 27.1 Å². The van der Waals surface area contributed by atoms with Crippen LogP contribution in [-0.2, 0) is 12.7 Å². The maximum atomic E-state index is 14.5. The summed E-state index contributed by atoms with van der Waals surface area (Å²) in [5.41, 5.74) is -2.99. The molecule has 0 aliphatic carbocycles. The highest BCUT2D eigenvalue weighted by molar-refractivity contribution is 7.15. The normalized spacial score (nSPS) is 11.9. The fraction of sp³-hybridized carbons (Fsp3) is 0.105. The van der Waals surface area contributed by atoms with Crippen LogP contribution in [-0.4, -0.2) is 14.7 Å². The van der Waals surface area contributed by atoms with Gasteiger partial charge in [-0.1, -0.05) is 17.7 Å². The maximum absolute atomic E-state index is 14.5. The summed E-state index contributed by atoms with van der Waals surface area (Å²) in [6.45, 7) is 0.0115. The highest BCUT2D eigenvalue weighted by atomic mass is 35.5. The molecule has 0 aliphatic rings. The van der Waals surface area contributed by atoms with Gasteiger partial charge in [-0.25, -0.2) is 14.2 Å². The van der Waals surface area contributed by atoms with Gasteiger partial charge in [0.15, 0.2) is 10.0 Å². The number of hydrogen-bond acceptors (Lipinski definition) is 4. The fourth-order valence-corrected chi connectivity index (χ4v) is 4.05. The van der Waals surface area contributed by atoms with E-state index in [-0.39, 0.29) is 16.7 Å². The number of thiazole rings is 1. The molecule has 5 nitrogen and oxygen atoms in total. The minimum Gasteiger partial charge on any atom is -0.477 e. The van der Waals surface area contributed by atoms with Gasteiger partial charge in [-0.3, -0.25) is 0 Å². The number of aromatic nitrogens is 3. The standard InChI is InChI=1S/C19H10ClF4N3O2S/c20-18-25-8-11(30-18)9-27-14-3-1-2-6-26(14)16(28)15(17(27)29)12-7-10(19(22,23)24)4-5-13(12)21/h1-8H,9H2/p+1. The van der Waals surface area contributed by atoms with E-state index in [0.29, 0.717) is 23.1 Å². The topological polar surface area (TPSA) is 59.2 Å². The van der Waals surface area contributed by atoms with Gasteiger partial charge >= 0.3 is 11.7 Å². The van der Waals surface area contributed by atoms with Crippen molar-refractivity contribution in [2.75, 3.05) is 0 Å². The highest BCUT2D eigenvalue weighted by Crippen LogP contribution is 2.35. The van der Waals surface area contributed by atoms with E-state index in [1.807, 2.05) is 0 Å². The second-order valence-electron chi connectivity index (χ2n) is 6.29. The van der Waals surface area contributed by atoms with E-state index in [1.165, 1.54) is 29.1 Å². The molecule has 0 amide bonds. The van der Waals surface area contributed by atoms with E-state index in [9.17, 15) is 27.5 Å². The second kappa shape index (κ2) is 7.37. The fourth-order valence-electron chi connectivity index (χ4n) is 3.08. The molecule has 0 saturated heterocycles. The van der Waals surface area contributed by atoms with Gasteiger partial charge < -0.3 is 5.11 Å². The molecule has 3 heterocycles. The molecular weight excluding hydrogens is 446 g/mol. The Hall–Kier alpha value is -2.98. The molecular formula is C19H11ClF4N3O2S+. The zero-order valence-corrected chi connectivity index (χ0v) is 16.4. The van der Waals surface area contributed by atoms with Gasteiger partial charge in [-0.15, -0.1) is 11.3 Å². The Labute approximate surface area is 175 Å². The summed E-state index contributed by atoms with van der Waals surface area (Å²) in [5.74, 6) is -1.74. The van der Waals surface area contributed by atoms with Crippen molar-refractivity contribution in [1.29, 1.82) is 0 Å². The van der Waals surface area contributed by atoms with Crippen molar-refractivity contribution in [1.82, 2.24) is 9.55 Å². The first-order valence-electron chi connectivity index (χ1n) is 8.40. The summed E-state index contributed by atoms with van der Waals surface area (Å²) in [4.78, 5) is 17.5. The van der Waals surface area contributed by atoms with Gasteiger partial charge in [-0.2, -0.15) is 22.1 Å². The Morgan fingerprint density at radius 1 is 1.23 bits per heavy atom.